The number of benzene rings is 1. The van der Waals surface area contributed by atoms with Crippen molar-refractivity contribution in [2.45, 2.75) is 0 Å². The first kappa shape index (κ1) is 11.9. The van der Waals surface area contributed by atoms with Crippen molar-refractivity contribution < 1.29 is 8.78 Å². The van der Waals surface area contributed by atoms with Gasteiger partial charge in [0.25, 0.3) is 0 Å². The molecule has 2 aromatic rings. The molecule has 1 aromatic carbocycles. The molecular formula is C12H8F2N4. The van der Waals surface area contributed by atoms with Gasteiger partial charge in [-0.1, -0.05) is 0 Å². The molecule has 0 saturated heterocycles. The van der Waals surface area contributed by atoms with Crippen LogP contribution in [0.5, 0.6) is 0 Å². The van der Waals surface area contributed by atoms with Crippen LogP contribution >= 0.6 is 0 Å². The van der Waals surface area contributed by atoms with Gasteiger partial charge in [0, 0.05) is 29.6 Å². The Hall–Kier alpha value is -2.55. The highest BCUT2D eigenvalue weighted by Crippen LogP contribution is 2.22. The largest absolute Gasteiger partial charge is 0.341 e. The van der Waals surface area contributed by atoms with Crippen LogP contribution in [0.4, 0.5) is 14.7 Å². The van der Waals surface area contributed by atoms with Crippen LogP contribution in [-0.2, 0) is 0 Å². The Bertz CT molecular complexity index is 590. The zero-order chi connectivity index (χ0) is 13.0. The van der Waals surface area contributed by atoms with E-state index in [-0.39, 0.29) is 18.1 Å². The van der Waals surface area contributed by atoms with E-state index in [0.29, 0.717) is 5.56 Å². The van der Waals surface area contributed by atoms with E-state index in [9.17, 15) is 8.78 Å². The lowest BCUT2D eigenvalue weighted by atomic mass is 10.1. The first-order valence-corrected chi connectivity index (χ1v) is 5.09. The molecular weight excluding hydrogens is 238 g/mol. The van der Waals surface area contributed by atoms with Crippen LogP contribution in [0.2, 0.25) is 0 Å². The lowest BCUT2D eigenvalue weighted by Gasteiger charge is -2.04. The molecule has 0 unspecified atom stereocenters. The van der Waals surface area contributed by atoms with Gasteiger partial charge < -0.3 is 5.32 Å². The third-order valence-electron chi connectivity index (χ3n) is 2.22. The number of nitrogens with zero attached hydrogens (tertiary/aromatic N) is 3. The van der Waals surface area contributed by atoms with Gasteiger partial charge in [-0.15, -0.1) is 0 Å². The molecule has 0 radical (unpaired) electrons. The third-order valence-corrected chi connectivity index (χ3v) is 2.22. The molecule has 6 heteroatoms. The van der Waals surface area contributed by atoms with Gasteiger partial charge in [0.1, 0.15) is 18.2 Å². The van der Waals surface area contributed by atoms with Crippen LogP contribution in [0.3, 0.4) is 0 Å². The van der Waals surface area contributed by atoms with Crippen molar-refractivity contribution >= 4 is 5.95 Å². The normalized spacial score (nSPS) is 9.83. The zero-order valence-corrected chi connectivity index (χ0v) is 9.19. The summed E-state index contributed by atoms with van der Waals surface area (Å²) >= 11 is 0. The summed E-state index contributed by atoms with van der Waals surface area (Å²) in [4.78, 5) is 7.84. The fourth-order valence-corrected chi connectivity index (χ4v) is 1.40. The maximum atomic E-state index is 13.5. The van der Waals surface area contributed by atoms with Crippen molar-refractivity contribution in [3.05, 3.63) is 42.2 Å². The summed E-state index contributed by atoms with van der Waals surface area (Å²) in [6, 6.07) is 5.18. The fraction of sp³-hybridized carbons (Fsp3) is 0.0833. The molecule has 1 N–H and O–H groups in total. The highest BCUT2D eigenvalue weighted by molar-refractivity contribution is 5.62. The van der Waals surface area contributed by atoms with Crippen LogP contribution in [0, 0.1) is 23.0 Å². The van der Waals surface area contributed by atoms with Crippen molar-refractivity contribution in [2.24, 2.45) is 0 Å². The number of rotatable bonds is 3. The maximum Gasteiger partial charge on any atom is 0.223 e. The average Bonchev–Trinajstić information content (AvgIpc) is 2.37. The Labute approximate surface area is 102 Å². The van der Waals surface area contributed by atoms with Crippen molar-refractivity contribution in [3.63, 3.8) is 0 Å². The number of hydrogen-bond donors (Lipinski definition) is 1. The van der Waals surface area contributed by atoms with Gasteiger partial charge in [-0.3, -0.25) is 0 Å². The van der Waals surface area contributed by atoms with Crippen molar-refractivity contribution in [2.75, 3.05) is 11.9 Å². The molecule has 90 valence electrons. The second-order valence-corrected chi connectivity index (χ2v) is 3.43. The number of hydrogen-bond acceptors (Lipinski definition) is 4. The van der Waals surface area contributed by atoms with Crippen LogP contribution in [0.25, 0.3) is 11.1 Å². The van der Waals surface area contributed by atoms with E-state index in [1.54, 1.807) is 0 Å². The molecule has 0 atom stereocenters. The summed E-state index contributed by atoms with van der Waals surface area (Å²) in [6.07, 6.45) is 2.81. The van der Waals surface area contributed by atoms with E-state index in [2.05, 4.69) is 15.3 Å². The molecule has 0 saturated carbocycles. The van der Waals surface area contributed by atoms with Gasteiger partial charge in [-0.05, 0) is 12.1 Å². The monoisotopic (exact) mass is 246 g/mol. The van der Waals surface area contributed by atoms with Crippen LogP contribution in [0.1, 0.15) is 0 Å². The van der Waals surface area contributed by atoms with Gasteiger partial charge in [-0.2, -0.15) is 5.26 Å². The molecule has 18 heavy (non-hydrogen) atoms. The second kappa shape index (κ2) is 5.19. The van der Waals surface area contributed by atoms with Gasteiger partial charge in [-0.25, -0.2) is 18.7 Å². The van der Waals surface area contributed by atoms with Crippen LogP contribution in [-0.4, -0.2) is 16.5 Å². The highest BCUT2D eigenvalue weighted by atomic mass is 19.1. The molecule has 0 fully saturated rings. The van der Waals surface area contributed by atoms with Crippen molar-refractivity contribution in [1.82, 2.24) is 9.97 Å². The van der Waals surface area contributed by atoms with Gasteiger partial charge in [0.2, 0.25) is 5.95 Å². The lowest BCUT2D eigenvalue weighted by Crippen LogP contribution is -2.02. The number of halogens is 2. The summed E-state index contributed by atoms with van der Waals surface area (Å²) in [7, 11) is 0. The molecule has 0 amide bonds. The first-order chi connectivity index (χ1) is 8.70. The topological polar surface area (TPSA) is 61.6 Å². The predicted octanol–water partition coefficient (Wildman–Crippen LogP) is 2.36. The lowest BCUT2D eigenvalue weighted by molar-refractivity contribution is 0.585. The van der Waals surface area contributed by atoms with E-state index in [1.165, 1.54) is 24.5 Å². The van der Waals surface area contributed by atoms with E-state index in [4.69, 9.17) is 5.26 Å². The highest BCUT2D eigenvalue weighted by Gasteiger charge is 2.07. The third kappa shape index (κ3) is 2.58. The van der Waals surface area contributed by atoms with Gasteiger partial charge in [0.15, 0.2) is 0 Å². The minimum atomic E-state index is -0.670. The van der Waals surface area contributed by atoms with Crippen LogP contribution in [0.15, 0.2) is 30.6 Å². The number of nitrogens with one attached hydrogen (secondary N) is 1. The number of anilines is 1. The number of nitriles is 1. The smallest absolute Gasteiger partial charge is 0.223 e. The maximum absolute atomic E-state index is 13.5. The van der Waals surface area contributed by atoms with Crippen LogP contribution < -0.4 is 5.32 Å². The molecule has 0 aliphatic heterocycles. The molecule has 2 rings (SSSR count). The Morgan fingerprint density at radius 3 is 2.56 bits per heavy atom. The molecule has 0 spiro atoms. The molecule has 1 aromatic heterocycles. The minimum Gasteiger partial charge on any atom is -0.341 e. The molecule has 0 aliphatic rings. The number of aromatic nitrogens is 2. The molecule has 0 bridgehead atoms. The van der Waals surface area contributed by atoms with Crippen molar-refractivity contribution in [1.29, 1.82) is 5.26 Å². The Morgan fingerprint density at radius 2 is 1.94 bits per heavy atom. The summed E-state index contributed by atoms with van der Waals surface area (Å²) in [5.41, 5.74) is 0.665. The van der Waals surface area contributed by atoms with Gasteiger partial charge in [0.05, 0.1) is 6.07 Å². The zero-order valence-electron chi connectivity index (χ0n) is 9.19. The molecule has 0 aliphatic carbocycles. The summed E-state index contributed by atoms with van der Waals surface area (Å²) in [6.45, 7) is 0.0876. The van der Waals surface area contributed by atoms with E-state index < -0.39 is 11.6 Å². The minimum absolute atomic E-state index is 0.0876. The fourth-order valence-electron chi connectivity index (χ4n) is 1.40. The predicted molar refractivity (Wildman–Crippen MR) is 61.5 cm³/mol. The Kier molecular flexibility index (Phi) is 3.44. The quantitative estimate of drug-likeness (QED) is 0.844. The summed E-state index contributed by atoms with van der Waals surface area (Å²) < 4.78 is 26.2. The van der Waals surface area contributed by atoms with Crippen molar-refractivity contribution in [3.8, 4) is 17.2 Å². The molecule has 4 nitrogen and oxygen atoms in total. The molecule has 1 heterocycles. The van der Waals surface area contributed by atoms with Gasteiger partial charge >= 0.3 is 0 Å². The summed E-state index contributed by atoms with van der Waals surface area (Å²) in [5.74, 6) is -1.02. The Morgan fingerprint density at radius 1 is 1.22 bits per heavy atom. The standard InChI is InChI=1S/C12H8F2N4/c13-9-1-2-10(11(14)5-9)8-6-17-12(18-7-8)16-4-3-15/h1-2,5-7H,4H2,(H,16,17,18). The average molecular weight is 246 g/mol. The SMILES string of the molecule is N#CCNc1ncc(-c2ccc(F)cc2F)cn1. The first-order valence-electron chi connectivity index (χ1n) is 5.09. The van der Waals surface area contributed by atoms with E-state index in [1.807, 2.05) is 6.07 Å². The van der Waals surface area contributed by atoms with E-state index in [0.717, 1.165) is 6.07 Å². The second-order valence-electron chi connectivity index (χ2n) is 3.43. The van der Waals surface area contributed by atoms with E-state index >= 15 is 0 Å². The Balaban J connectivity index is 2.26. The summed E-state index contributed by atoms with van der Waals surface area (Å²) in [5, 5.41) is 11.0.